The van der Waals surface area contributed by atoms with E-state index in [1.165, 1.54) is 16.7 Å². The standard InChI is InChI=1S/C25H27NO2/c1-19-16-20(2)18-23(17-19)28-15-14-26-25(27)24-11-7-6-10-22(24)13-12-21-8-4-3-5-9-21/h3-11,16-18H,12-15H2,1-2H3,(H,26,27). The van der Waals surface area contributed by atoms with Crippen molar-refractivity contribution in [2.24, 2.45) is 0 Å². The molecule has 0 spiro atoms. The van der Waals surface area contributed by atoms with Crippen molar-refractivity contribution < 1.29 is 9.53 Å². The predicted octanol–water partition coefficient (Wildman–Crippen LogP) is 4.90. The maximum Gasteiger partial charge on any atom is 0.251 e. The van der Waals surface area contributed by atoms with Gasteiger partial charge in [0.1, 0.15) is 12.4 Å². The van der Waals surface area contributed by atoms with Gasteiger partial charge in [-0.2, -0.15) is 0 Å². The van der Waals surface area contributed by atoms with Crippen molar-refractivity contribution in [3.63, 3.8) is 0 Å². The first-order valence-electron chi connectivity index (χ1n) is 9.73. The summed E-state index contributed by atoms with van der Waals surface area (Å²) in [7, 11) is 0. The first kappa shape index (κ1) is 19.7. The van der Waals surface area contributed by atoms with E-state index in [4.69, 9.17) is 4.74 Å². The zero-order valence-electron chi connectivity index (χ0n) is 16.6. The van der Waals surface area contributed by atoms with Gasteiger partial charge in [-0.05, 0) is 67.1 Å². The van der Waals surface area contributed by atoms with Crippen LogP contribution in [0.15, 0.2) is 72.8 Å². The Hall–Kier alpha value is -3.07. The zero-order valence-corrected chi connectivity index (χ0v) is 16.6. The molecule has 0 aliphatic rings. The van der Waals surface area contributed by atoms with Crippen molar-refractivity contribution in [3.8, 4) is 5.75 Å². The fourth-order valence-corrected chi connectivity index (χ4v) is 3.33. The largest absolute Gasteiger partial charge is 0.492 e. The molecule has 3 heteroatoms. The van der Waals surface area contributed by atoms with Gasteiger partial charge in [0.05, 0.1) is 6.54 Å². The molecule has 0 radical (unpaired) electrons. The van der Waals surface area contributed by atoms with Crippen molar-refractivity contribution in [2.45, 2.75) is 26.7 Å². The van der Waals surface area contributed by atoms with Gasteiger partial charge < -0.3 is 10.1 Å². The molecule has 0 saturated carbocycles. The summed E-state index contributed by atoms with van der Waals surface area (Å²) in [6.45, 7) is 5.02. The summed E-state index contributed by atoms with van der Waals surface area (Å²) >= 11 is 0. The molecule has 3 rings (SSSR count). The van der Waals surface area contributed by atoms with Crippen molar-refractivity contribution >= 4 is 5.91 Å². The fraction of sp³-hybridized carbons (Fsp3) is 0.240. The minimum absolute atomic E-state index is 0.0484. The normalized spacial score (nSPS) is 10.5. The molecule has 0 aliphatic carbocycles. The maximum absolute atomic E-state index is 12.6. The highest BCUT2D eigenvalue weighted by molar-refractivity contribution is 5.95. The lowest BCUT2D eigenvalue weighted by molar-refractivity contribution is 0.0946. The molecule has 3 aromatic carbocycles. The second kappa shape index (κ2) is 9.75. The van der Waals surface area contributed by atoms with Crippen LogP contribution in [0, 0.1) is 13.8 Å². The second-order valence-corrected chi connectivity index (χ2v) is 7.07. The van der Waals surface area contributed by atoms with Gasteiger partial charge in [-0.3, -0.25) is 4.79 Å². The Bertz CT molecular complexity index is 899. The Morgan fingerprint density at radius 2 is 1.54 bits per heavy atom. The summed E-state index contributed by atoms with van der Waals surface area (Å²) in [6, 6.07) is 24.3. The van der Waals surface area contributed by atoms with Crippen LogP contribution in [0.2, 0.25) is 0 Å². The molecule has 144 valence electrons. The number of benzene rings is 3. The van der Waals surface area contributed by atoms with E-state index in [9.17, 15) is 4.79 Å². The van der Waals surface area contributed by atoms with Gasteiger partial charge in [0.2, 0.25) is 0 Å². The quantitative estimate of drug-likeness (QED) is 0.571. The molecule has 1 N–H and O–H groups in total. The van der Waals surface area contributed by atoms with Crippen LogP contribution in [0.5, 0.6) is 5.75 Å². The minimum Gasteiger partial charge on any atom is -0.492 e. The average molecular weight is 373 g/mol. The van der Waals surface area contributed by atoms with E-state index < -0.39 is 0 Å². The highest BCUT2D eigenvalue weighted by Crippen LogP contribution is 2.16. The number of ether oxygens (including phenoxy) is 1. The van der Waals surface area contributed by atoms with Crippen LogP contribution in [0.4, 0.5) is 0 Å². The molecule has 0 aromatic heterocycles. The smallest absolute Gasteiger partial charge is 0.251 e. The first-order chi connectivity index (χ1) is 13.6. The van der Waals surface area contributed by atoms with Gasteiger partial charge in [0.25, 0.3) is 5.91 Å². The number of amides is 1. The molecule has 0 saturated heterocycles. The van der Waals surface area contributed by atoms with E-state index >= 15 is 0 Å². The van der Waals surface area contributed by atoms with Crippen LogP contribution >= 0.6 is 0 Å². The lowest BCUT2D eigenvalue weighted by Gasteiger charge is -2.12. The molecular formula is C25H27NO2. The lowest BCUT2D eigenvalue weighted by Crippen LogP contribution is -2.29. The second-order valence-electron chi connectivity index (χ2n) is 7.07. The highest BCUT2D eigenvalue weighted by atomic mass is 16.5. The van der Waals surface area contributed by atoms with Crippen molar-refractivity contribution in [1.82, 2.24) is 5.32 Å². The SMILES string of the molecule is Cc1cc(C)cc(OCCNC(=O)c2ccccc2CCc2ccccc2)c1. The summed E-state index contributed by atoms with van der Waals surface area (Å²) in [5.41, 5.74) is 5.43. The number of aryl methyl sites for hydroxylation is 4. The number of hydrogen-bond acceptors (Lipinski definition) is 2. The number of nitrogens with one attached hydrogen (secondary N) is 1. The zero-order chi connectivity index (χ0) is 19.8. The fourth-order valence-electron chi connectivity index (χ4n) is 3.33. The van der Waals surface area contributed by atoms with Crippen LogP contribution in [-0.2, 0) is 12.8 Å². The van der Waals surface area contributed by atoms with E-state index in [0.29, 0.717) is 13.2 Å². The van der Waals surface area contributed by atoms with Gasteiger partial charge in [-0.15, -0.1) is 0 Å². The Labute approximate surface area is 167 Å². The Morgan fingerprint density at radius 3 is 2.29 bits per heavy atom. The predicted molar refractivity (Wildman–Crippen MR) is 114 cm³/mol. The lowest BCUT2D eigenvalue weighted by atomic mass is 9.99. The van der Waals surface area contributed by atoms with Crippen LogP contribution in [0.1, 0.15) is 32.6 Å². The first-order valence-corrected chi connectivity index (χ1v) is 9.73. The Kier molecular flexibility index (Phi) is 6.85. The van der Waals surface area contributed by atoms with Crippen LogP contribution in [-0.4, -0.2) is 19.1 Å². The van der Waals surface area contributed by atoms with E-state index in [1.54, 1.807) is 0 Å². The number of hydrogen-bond donors (Lipinski definition) is 1. The van der Waals surface area contributed by atoms with E-state index in [1.807, 2.05) is 68.4 Å². The molecule has 3 nitrogen and oxygen atoms in total. The minimum atomic E-state index is -0.0484. The Balaban J connectivity index is 1.52. The van der Waals surface area contributed by atoms with Gasteiger partial charge >= 0.3 is 0 Å². The summed E-state index contributed by atoms with van der Waals surface area (Å²) in [5, 5.41) is 2.97. The van der Waals surface area contributed by atoms with Crippen LogP contribution < -0.4 is 10.1 Å². The van der Waals surface area contributed by atoms with Crippen molar-refractivity contribution in [3.05, 3.63) is 101 Å². The van der Waals surface area contributed by atoms with Crippen LogP contribution in [0.3, 0.4) is 0 Å². The molecule has 3 aromatic rings. The monoisotopic (exact) mass is 373 g/mol. The number of carbonyl (C=O) groups excluding carboxylic acids is 1. The molecule has 0 fully saturated rings. The summed E-state index contributed by atoms with van der Waals surface area (Å²) in [5.74, 6) is 0.794. The molecule has 28 heavy (non-hydrogen) atoms. The van der Waals surface area contributed by atoms with Gasteiger partial charge in [0, 0.05) is 5.56 Å². The van der Waals surface area contributed by atoms with Gasteiger partial charge in [-0.25, -0.2) is 0 Å². The third-order valence-corrected chi connectivity index (χ3v) is 4.64. The van der Waals surface area contributed by atoms with Crippen LogP contribution in [0.25, 0.3) is 0 Å². The summed E-state index contributed by atoms with van der Waals surface area (Å²) in [6.07, 6.45) is 1.76. The van der Waals surface area contributed by atoms with E-state index in [0.717, 1.165) is 29.7 Å². The van der Waals surface area contributed by atoms with E-state index in [-0.39, 0.29) is 5.91 Å². The molecule has 0 aliphatic heterocycles. The third-order valence-electron chi connectivity index (χ3n) is 4.64. The molecule has 0 atom stereocenters. The molecule has 0 heterocycles. The molecule has 1 amide bonds. The molecule has 0 unspecified atom stereocenters. The Morgan fingerprint density at radius 1 is 0.857 bits per heavy atom. The van der Waals surface area contributed by atoms with Crippen molar-refractivity contribution in [1.29, 1.82) is 0 Å². The van der Waals surface area contributed by atoms with E-state index in [2.05, 4.69) is 23.5 Å². The topological polar surface area (TPSA) is 38.3 Å². The van der Waals surface area contributed by atoms with Crippen molar-refractivity contribution in [2.75, 3.05) is 13.2 Å². The highest BCUT2D eigenvalue weighted by Gasteiger charge is 2.10. The number of rotatable bonds is 8. The molecule has 0 bridgehead atoms. The van der Waals surface area contributed by atoms with Gasteiger partial charge in [-0.1, -0.05) is 54.6 Å². The summed E-state index contributed by atoms with van der Waals surface area (Å²) < 4.78 is 5.77. The third kappa shape index (κ3) is 5.71. The summed E-state index contributed by atoms with van der Waals surface area (Å²) in [4.78, 5) is 12.6. The van der Waals surface area contributed by atoms with Gasteiger partial charge in [0.15, 0.2) is 0 Å². The maximum atomic E-state index is 12.6. The molecular weight excluding hydrogens is 346 g/mol. The average Bonchev–Trinajstić information content (AvgIpc) is 2.70. The number of carbonyl (C=O) groups is 1.